The zero-order valence-corrected chi connectivity index (χ0v) is 25.3. The molecule has 0 saturated carbocycles. The molecule has 0 heterocycles. The molecule has 44 heavy (non-hydrogen) atoms. The number of carbonyl (C=O) groups is 3. The van der Waals surface area contributed by atoms with Gasteiger partial charge in [-0.1, -0.05) is 0 Å². The fourth-order valence-corrected chi connectivity index (χ4v) is 3.05. The molecule has 0 radical (unpaired) electrons. The van der Waals surface area contributed by atoms with Gasteiger partial charge in [-0.15, -0.1) is 0 Å². The quantitative estimate of drug-likeness (QED) is 0.0794. The van der Waals surface area contributed by atoms with E-state index in [1.165, 1.54) is 0 Å². The molecule has 0 unspecified atom stereocenters. The molecule has 2 N–H and O–H groups in total. The van der Waals surface area contributed by atoms with Crippen molar-refractivity contribution in [3.8, 4) is 5.75 Å². The maximum atomic E-state index is 11.3. The summed E-state index contributed by atoms with van der Waals surface area (Å²) >= 11 is 0. The van der Waals surface area contributed by atoms with Crippen LogP contribution in [0, 0.1) is 0 Å². The highest BCUT2D eigenvalue weighted by Gasteiger charge is 2.03. The number of carbonyl (C=O) groups excluding carboxylic acids is 2. The minimum absolute atomic E-state index is 0.298. The second-order valence-corrected chi connectivity index (χ2v) is 8.67. The number of benzene rings is 1. The third-order valence-electron chi connectivity index (χ3n) is 5.14. The molecule has 1 rings (SSSR count). The summed E-state index contributed by atoms with van der Waals surface area (Å²) in [6.07, 6.45) is 0.789. The van der Waals surface area contributed by atoms with Gasteiger partial charge in [0.05, 0.1) is 106 Å². The van der Waals surface area contributed by atoms with Gasteiger partial charge in [-0.05, 0) is 24.3 Å². The van der Waals surface area contributed by atoms with Crippen LogP contribution in [0.2, 0.25) is 0 Å². The van der Waals surface area contributed by atoms with Crippen molar-refractivity contribution < 1.29 is 66.9 Å². The number of carboxylic acid groups (broad SMARTS) is 1. The Morgan fingerprint density at radius 3 is 1.32 bits per heavy atom. The van der Waals surface area contributed by atoms with Crippen molar-refractivity contribution in [1.82, 2.24) is 5.32 Å². The lowest BCUT2D eigenvalue weighted by Gasteiger charge is -2.09. The molecule has 1 aromatic rings. The smallest absolute Gasteiger partial charge is 0.329 e. The molecule has 0 aliphatic rings. The Kier molecular flexibility index (Phi) is 27.1. The molecule has 0 fully saturated rings. The number of aldehydes is 1. The molecule has 15 heteroatoms. The van der Waals surface area contributed by atoms with Crippen LogP contribution in [0.25, 0.3) is 0 Å². The molecule has 0 bridgehead atoms. The lowest BCUT2D eigenvalue weighted by atomic mass is 10.2. The van der Waals surface area contributed by atoms with E-state index in [-0.39, 0.29) is 6.61 Å². The topological polar surface area (TPSA) is 176 Å². The Labute approximate surface area is 258 Å². The zero-order chi connectivity index (χ0) is 31.8. The average Bonchev–Trinajstić information content (AvgIpc) is 3.02. The zero-order valence-electron chi connectivity index (χ0n) is 25.3. The molecule has 1 aromatic carbocycles. The maximum Gasteiger partial charge on any atom is 0.329 e. The van der Waals surface area contributed by atoms with Crippen molar-refractivity contribution in [1.29, 1.82) is 0 Å². The number of hydrogen-bond donors (Lipinski definition) is 2. The molecular weight excluding hydrogens is 586 g/mol. The number of carboxylic acids is 1. The summed E-state index contributed by atoms with van der Waals surface area (Å²) in [6.45, 7) is 6.99. The van der Waals surface area contributed by atoms with Crippen LogP contribution in [0.4, 0.5) is 0 Å². The van der Waals surface area contributed by atoms with Crippen molar-refractivity contribution in [2.75, 3.05) is 132 Å². The molecule has 15 nitrogen and oxygen atoms in total. The molecule has 0 aliphatic heterocycles. The second kappa shape index (κ2) is 30.3. The molecule has 252 valence electrons. The van der Waals surface area contributed by atoms with E-state index in [1.807, 2.05) is 0 Å². The number of amides is 1. The first-order valence-corrected chi connectivity index (χ1v) is 14.5. The van der Waals surface area contributed by atoms with Gasteiger partial charge in [-0.2, -0.15) is 0 Å². The summed E-state index contributed by atoms with van der Waals surface area (Å²) in [7, 11) is 0. The molecule has 0 aromatic heterocycles. The van der Waals surface area contributed by atoms with Gasteiger partial charge >= 0.3 is 5.97 Å². The molecule has 0 atom stereocenters. The van der Waals surface area contributed by atoms with Crippen molar-refractivity contribution in [2.24, 2.45) is 0 Å². The van der Waals surface area contributed by atoms with Gasteiger partial charge in [-0.3, -0.25) is 9.59 Å². The first-order valence-electron chi connectivity index (χ1n) is 14.5. The third-order valence-corrected chi connectivity index (χ3v) is 5.14. The van der Waals surface area contributed by atoms with E-state index in [2.05, 4.69) is 10.1 Å². The minimum Gasteiger partial charge on any atom is -0.491 e. The van der Waals surface area contributed by atoms with Crippen LogP contribution in [0.5, 0.6) is 5.75 Å². The predicted molar refractivity (Wildman–Crippen MR) is 155 cm³/mol. The monoisotopic (exact) mass is 633 g/mol. The Balaban J connectivity index is 1.67. The van der Waals surface area contributed by atoms with Crippen LogP contribution >= 0.6 is 0 Å². The van der Waals surface area contributed by atoms with E-state index in [1.54, 1.807) is 24.3 Å². The first kappa shape index (κ1) is 39.3. The lowest BCUT2D eigenvalue weighted by molar-refractivity contribution is -0.143. The van der Waals surface area contributed by atoms with Gasteiger partial charge in [0.25, 0.3) is 0 Å². The van der Waals surface area contributed by atoms with Crippen LogP contribution in [-0.4, -0.2) is 155 Å². The number of rotatable bonds is 33. The third kappa shape index (κ3) is 26.9. The highest BCUT2D eigenvalue weighted by molar-refractivity contribution is 5.77. The van der Waals surface area contributed by atoms with E-state index in [4.69, 9.17) is 47.7 Å². The van der Waals surface area contributed by atoms with Gasteiger partial charge in [0.1, 0.15) is 31.9 Å². The number of hydrogen-bond acceptors (Lipinski definition) is 13. The van der Waals surface area contributed by atoms with Gasteiger partial charge in [-0.25, -0.2) is 4.79 Å². The highest BCUT2D eigenvalue weighted by Crippen LogP contribution is 2.10. The van der Waals surface area contributed by atoms with Crippen molar-refractivity contribution in [2.45, 2.75) is 0 Å². The summed E-state index contributed by atoms with van der Waals surface area (Å²) in [5.41, 5.74) is 0.609. The van der Waals surface area contributed by atoms with Gasteiger partial charge in [0, 0.05) is 12.1 Å². The van der Waals surface area contributed by atoms with E-state index < -0.39 is 18.5 Å². The lowest BCUT2D eigenvalue weighted by Crippen LogP contribution is -2.31. The maximum absolute atomic E-state index is 11.3. The Hall–Kier alpha value is -2.73. The summed E-state index contributed by atoms with van der Waals surface area (Å²) < 4.78 is 53.5. The van der Waals surface area contributed by atoms with Crippen LogP contribution in [0.3, 0.4) is 0 Å². The molecule has 0 aliphatic carbocycles. The van der Waals surface area contributed by atoms with E-state index in [0.29, 0.717) is 130 Å². The number of nitrogens with one attached hydrogen (secondary N) is 1. The van der Waals surface area contributed by atoms with Crippen molar-refractivity contribution >= 4 is 18.2 Å². The van der Waals surface area contributed by atoms with Gasteiger partial charge < -0.3 is 57.8 Å². The SMILES string of the molecule is O=Cc1ccc(OCCOCCOCCOCCOCCOCCOCCOCCOCCNC(=O)COCC(=O)O)cc1. The predicted octanol–water partition coefficient (Wildman–Crippen LogP) is 0.228. The van der Waals surface area contributed by atoms with E-state index in [0.717, 1.165) is 6.29 Å². The second-order valence-electron chi connectivity index (χ2n) is 8.67. The standard InChI is InChI=1S/C29H47NO14/c31-23-26-1-3-27(4-2-26)44-22-21-42-20-19-41-18-17-40-16-15-39-14-13-38-12-11-37-10-9-36-8-7-35-6-5-30-28(32)24-43-25-29(33)34/h1-4,23H,5-22,24-25H2,(H,30,32)(H,33,34). The summed E-state index contributed by atoms with van der Waals surface area (Å²) in [5, 5.41) is 11.0. The summed E-state index contributed by atoms with van der Waals surface area (Å²) in [5.74, 6) is -0.832. The normalized spacial score (nSPS) is 11.0. The highest BCUT2D eigenvalue weighted by atomic mass is 16.6. The molecular formula is C29H47NO14. The van der Waals surface area contributed by atoms with Crippen molar-refractivity contribution in [3.63, 3.8) is 0 Å². The van der Waals surface area contributed by atoms with Gasteiger partial charge in [0.15, 0.2) is 0 Å². The Morgan fingerprint density at radius 2 is 0.932 bits per heavy atom. The Morgan fingerprint density at radius 1 is 0.545 bits per heavy atom. The van der Waals surface area contributed by atoms with Crippen molar-refractivity contribution in [3.05, 3.63) is 29.8 Å². The number of aliphatic carboxylic acids is 1. The van der Waals surface area contributed by atoms with Crippen LogP contribution in [0.15, 0.2) is 24.3 Å². The largest absolute Gasteiger partial charge is 0.491 e. The fourth-order valence-electron chi connectivity index (χ4n) is 3.05. The molecule has 0 saturated heterocycles. The van der Waals surface area contributed by atoms with E-state index >= 15 is 0 Å². The number of ether oxygens (including phenoxy) is 10. The van der Waals surface area contributed by atoms with Crippen LogP contribution < -0.4 is 10.1 Å². The fraction of sp³-hybridized carbons (Fsp3) is 0.690. The first-order chi connectivity index (χ1) is 21.6. The summed E-state index contributed by atoms with van der Waals surface area (Å²) in [4.78, 5) is 32.2. The Bertz CT molecular complexity index is 827. The molecule has 0 spiro atoms. The minimum atomic E-state index is -1.13. The summed E-state index contributed by atoms with van der Waals surface area (Å²) in [6, 6.07) is 6.89. The van der Waals surface area contributed by atoms with E-state index in [9.17, 15) is 14.4 Å². The van der Waals surface area contributed by atoms with Crippen LogP contribution in [0.1, 0.15) is 10.4 Å². The van der Waals surface area contributed by atoms with Crippen LogP contribution in [-0.2, 0) is 52.2 Å². The molecule has 1 amide bonds. The van der Waals surface area contributed by atoms with Gasteiger partial charge in [0.2, 0.25) is 5.91 Å². The average molecular weight is 634 g/mol.